The highest BCUT2D eigenvalue weighted by atomic mass is 16.3. The lowest BCUT2D eigenvalue weighted by Gasteiger charge is -2.21. The van der Waals surface area contributed by atoms with Gasteiger partial charge in [-0.15, -0.1) is 0 Å². The topological polar surface area (TPSA) is 115 Å². The van der Waals surface area contributed by atoms with Crippen LogP contribution >= 0.6 is 0 Å². The van der Waals surface area contributed by atoms with Gasteiger partial charge in [0.2, 0.25) is 5.91 Å². The Hall–Kier alpha value is -3.60. The van der Waals surface area contributed by atoms with Crippen LogP contribution in [0.3, 0.4) is 0 Å². The molecule has 8 nitrogen and oxygen atoms in total. The second kappa shape index (κ2) is 6.61. The van der Waals surface area contributed by atoms with Crippen LogP contribution in [-0.2, 0) is 15.1 Å². The molecule has 1 fully saturated rings. The van der Waals surface area contributed by atoms with E-state index in [2.05, 4.69) is 10.6 Å². The number of nitrogens with one attached hydrogen (secondary N) is 2. The average molecular weight is 366 g/mol. The van der Waals surface area contributed by atoms with Crippen molar-refractivity contribution in [1.82, 2.24) is 10.2 Å². The zero-order valence-electron chi connectivity index (χ0n) is 15.1. The molecule has 138 valence electrons. The SMILES string of the molecule is Cc1cc([C@@]2(C)NC(=O)N(CC(=O)Nc3cccc(C#N)c3)C2=O)c(C)o1. The highest BCUT2D eigenvalue weighted by Crippen LogP contribution is 2.32. The van der Waals surface area contributed by atoms with E-state index in [1.165, 1.54) is 6.07 Å². The zero-order valence-corrected chi connectivity index (χ0v) is 15.1. The van der Waals surface area contributed by atoms with Gasteiger partial charge in [-0.3, -0.25) is 14.5 Å². The number of hydrogen-bond donors (Lipinski definition) is 2. The summed E-state index contributed by atoms with van der Waals surface area (Å²) in [6.45, 7) is 4.61. The lowest BCUT2D eigenvalue weighted by Crippen LogP contribution is -2.42. The molecule has 1 aliphatic rings. The normalized spacial score (nSPS) is 19.0. The van der Waals surface area contributed by atoms with Crippen molar-refractivity contribution >= 4 is 23.5 Å². The smallest absolute Gasteiger partial charge is 0.325 e. The molecular weight excluding hydrogens is 348 g/mol. The number of benzene rings is 1. The Kier molecular flexibility index (Phi) is 4.45. The minimum Gasteiger partial charge on any atom is -0.466 e. The monoisotopic (exact) mass is 366 g/mol. The number of furan rings is 1. The third kappa shape index (κ3) is 3.27. The van der Waals surface area contributed by atoms with E-state index < -0.39 is 29.9 Å². The van der Waals surface area contributed by atoms with Crippen molar-refractivity contribution in [2.45, 2.75) is 26.3 Å². The van der Waals surface area contributed by atoms with Crippen LogP contribution < -0.4 is 10.6 Å². The van der Waals surface area contributed by atoms with Gasteiger partial charge in [0.25, 0.3) is 5.91 Å². The summed E-state index contributed by atoms with van der Waals surface area (Å²) in [6.07, 6.45) is 0. The largest absolute Gasteiger partial charge is 0.466 e. The number of nitriles is 1. The van der Waals surface area contributed by atoms with Crippen molar-refractivity contribution in [3.05, 3.63) is 53.0 Å². The Morgan fingerprint density at radius 3 is 2.70 bits per heavy atom. The molecule has 27 heavy (non-hydrogen) atoms. The molecule has 1 aliphatic heterocycles. The molecule has 2 aromatic rings. The third-order valence-electron chi connectivity index (χ3n) is 4.43. The summed E-state index contributed by atoms with van der Waals surface area (Å²) in [4.78, 5) is 38.3. The molecule has 8 heteroatoms. The van der Waals surface area contributed by atoms with Gasteiger partial charge in [-0.2, -0.15) is 5.26 Å². The summed E-state index contributed by atoms with van der Waals surface area (Å²) in [7, 11) is 0. The van der Waals surface area contributed by atoms with Gasteiger partial charge < -0.3 is 15.1 Å². The first kappa shape index (κ1) is 18.2. The number of anilines is 1. The summed E-state index contributed by atoms with van der Waals surface area (Å²) in [5, 5.41) is 14.1. The summed E-state index contributed by atoms with van der Waals surface area (Å²) < 4.78 is 5.47. The van der Waals surface area contributed by atoms with Crippen LogP contribution in [0.2, 0.25) is 0 Å². The molecule has 0 saturated carbocycles. The highest BCUT2D eigenvalue weighted by Gasteiger charge is 2.51. The van der Waals surface area contributed by atoms with Crippen LogP contribution in [0.4, 0.5) is 10.5 Å². The average Bonchev–Trinajstić information content (AvgIpc) is 3.07. The predicted octanol–water partition coefficient (Wildman–Crippen LogP) is 2.17. The van der Waals surface area contributed by atoms with Crippen molar-refractivity contribution < 1.29 is 18.8 Å². The molecule has 1 saturated heterocycles. The van der Waals surface area contributed by atoms with Gasteiger partial charge in [0.15, 0.2) is 0 Å². The van der Waals surface area contributed by atoms with Gasteiger partial charge >= 0.3 is 6.03 Å². The molecule has 2 heterocycles. The quantitative estimate of drug-likeness (QED) is 0.805. The number of imide groups is 1. The van der Waals surface area contributed by atoms with E-state index in [0.29, 0.717) is 28.3 Å². The molecule has 0 unspecified atom stereocenters. The number of hydrogen-bond acceptors (Lipinski definition) is 5. The number of rotatable bonds is 4. The molecule has 1 aromatic carbocycles. The van der Waals surface area contributed by atoms with E-state index >= 15 is 0 Å². The predicted molar refractivity (Wildman–Crippen MR) is 95.6 cm³/mol. The maximum absolute atomic E-state index is 12.9. The molecule has 2 N–H and O–H groups in total. The van der Waals surface area contributed by atoms with E-state index in [4.69, 9.17) is 9.68 Å². The van der Waals surface area contributed by atoms with Gasteiger partial charge in [-0.05, 0) is 45.0 Å². The van der Waals surface area contributed by atoms with E-state index in [-0.39, 0.29) is 0 Å². The Bertz CT molecular complexity index is 988. The Morgan fingerprint density at radius 2 is 2.07 bits per heavy atom. The lowest BCUT2D eigenvalue weighted by atomic mass is 9.92. The first-order valence-electron chi connectivity index (χ1n) is 8.26. The summed E-state index contributed by atoms with van der Waals surface area (Å²) in [5.74, 6) is 0.0814. The van der Waals surface area contributed by atoms with E-state index in [0.717, 1.165) is 4.90 Å². The van der Waals surface area contributed by atoms with E-state index in [9.17, 15) is 14.4 Å². The summed E-state index contributed by atoms with van der Waals surface area (Å²) >= 11 is 0. The Labute approximate surface area is 155 Å². The van der Waals surface area contributed by atoms with Crippen molar-refractivity contribution in [3.63, 3.8) is 0 Å². The first-order chi connectivity index (χ1) is 12.7. The van der Waals surface area contributed by atoms with Gasteiger partial charge in [0.05, 0.1) is 11.6 Å². The van der Waals surface area contributed by atoms with Crippen LogP contribution in [-0.4, -0.2) is 29.3 Å². The summed E-state index contributed by atoms with van der Waals surface area (Å²) in [5.41, 5.74) is 0.0687. The van der Waals surface area contributed by atoms with Crippen LogP contribution in [0.25, 0.3) is 0 Å². The van der Waals surface area contributed by atoms with Gasteiger partial charge in [0.1, 0.15) is 23.6 Å². The molecule has 4 amide bonds. The fourth-order valence-electron chi connectivity index (χ4n) is 3.16. The minimum absolute atomic E-state index is 0.390. The highest BCUT2D eigenvalue weighted by molar-refractivity contribution is 6.10. The molecule has 0 aliphatic carbocycles. The Morgan fingerprint density at radius 1 is 1.33 bits per heavy atom. The zero-order chi connectivity index (χ0) is 19.8. The van der Waals surface area contributed by atoms with Gasteiger partial charge in [0, 0.05) is 11.3 Å². The van der Waals surface area contributed by atoms with Crippen molar-refractivity contribution in [3.8, 4) is 6.07 Å². The number of carbonyl (C=O) groups excluding carboxylic acids is 3. The van der Waals surface area contributed by atoms with Crippen LogP contribution in [0.1, 0.15) is 29.6 Å². The number of aryl methyl sites for hydroxylation is 2. The molecule has 1 aromatic heterocycles. The number of nitrogens with zero attached hydrogens (tertiary/aromatic N) is 2. The maximum atomic E-state index is 12.9. The van der Waals surface area contributed by atoms with Gasteiger partial charge in [-0.25, -0.2) is 4.79 Å². The third-order valence-corrected chi connectivity index (χ3v) is 4.43. The van der Waals surface area contributed by atoms with Crippen LogP contribution in [0.15, 0.2) is 34.7 Å². The minimum atomic E-state index is -1.29. The molecule has 0 radical (unpaired) electrons. The van der Waals surface area contributed by atoms with Crippen LogP contribution in [0, 0.1) is 25.2 Å². The van der Waals surface area contributed by atoms with E-state index in [1.54, 1.807) is 45.0 Å². The first-order valence-corrected chi connectivity index (χ1v) is 8.26. The lowest BCUT2D eigenvalue weighted by molar-refractivity contribution is -0.133. The molecule has 0 spiro atoms. The maximum Gasteiger partial charge on any atom is 0.325 e. The summed E-state index contributed by atoms with van der Waals surface area (Å²) in [6, 6.07) is 9.38. The molecule has 3 rings (SSSR count). The fraction of sp³-hybridized carbons (Fsp3) is 0.263. The number of carbonyl (C=O) groups is 3. The van der Waals surface area contributed by atoms with Gasteiger partial charge in [-0.1, -0.05) is 6.07 Å². The van der Waals surface area contributed by atoms with Crippen molar-refractivity contribution in [1.29, 1.82) is 5.26 Å². The number of urea groups is 1. The van der Waals surface area contributed by atoms with Crippen molar-refractivity contribution in [2.24, 2.45) is 0 Å². The Balaban J connectivity index is 1.76. The number of amides is 4. The second-order valence-corrected chi connectivity index (χ2v) is 6.51. The van der Waals surface area contributed by atoms with Crippen LogP contribution in [0.5, 0.6) is 0 Å². The second-order valence-electron chi connectivity index (χ2n) is 6.51. The molecule has 1 atom stereocenters. The molecular formula is C19H18N4O4. The molecule has 0 bridgehead atoms. The fourth-order valence-corrected chi connectivity index (χ4v) is 3.16. The van der Waals surface area contributed by atoms with Crippen molar-refractivity contribution in [2.75, 3.05) is 11.9 Å². The van der Waals surface area contributed by atoms with E-state index in [1.807, 2.05) is 6.07 Å². The standard InChI is InChI=1S/C19H18N4O4/c1-11-7-15(12(2)27-11)19(3)17(25)23(18(26)22-19)10-16(24)21-14-6-4-5-13(8-14)9-20/h4-8H,10H2,1-3H3,(H,21,24)(H,22,26)/t19-/m1/s1.